The fraction of sp³-hybridized carbons (Fsp3) is 0.588. The van der Waals surface area contributed by atoms with Crippen LogP contribution in [0.5, 0.6) is 0 Å². The molecule has 2 N–H and O–H groups in total. The fourth-order valence-corrected chi connectivity index (χ4v) is 3.33. The van der Waals surface area contributed by atoms with Gasteiger partial charge in [-0.25, -0.2) is 0 Å². The van der Waals surface area contributed by atoms with Crippen molar-refractivity contribution in [3.63, 3.8) is 0 Å². The molecule has 1 aromatic carbocycles. The molecule has 0 aliphatic heterocycles. The summed E-state index contributed by atoms with van der Waals surface area (Å²) in [6.45, 7) is 0.406. The third-order valence-electron chi connectivity index (χ3n) is 4.44. The van der Waals surface area contributed by atoms with Gasteiger partial charge in [0.2, 0.25) is 0 Å². The molecule has 2 rings (SSSR count). The number of nitrogens with one attached hydrogen (secondary N) is 2. The van der Waals surface area contributed by atoms with Crippen molar-refractivity contribution in [3.8, 4) is 0 Å². The third kappa shape index (κ3) is 5.34. The molecule has 1 aliphatic carbocycles. The summed E-state index contributed by atoms with van der Waals surface area (Å²) in [5, 5.41) is 6.99. The van der Waals surface area contributed by atoms with Gasteiger partial charge in [-0.3, -0.25) is 0 Å². The Balaban J connectivity index is 1.84. The molecule has 134 valence electrons. The van der Waals surface area contributed by atoms with Crippen molar-refractivity contribution in [3.05, 3.63) is 35.4 Å². The topological polar surface area (TPSA) is 27.3 Å². The predicted molar refractivity (Wildman–Crippen MR) is 93.7 cm³/mol. The standard InChI is InChI=1S/C17H24F3N3S/c1-23(2)15-6-4-3-5-14(15)22-16(24)21-11-12-7-9-13(10-8-12)17(18,19)20/h7-10,14-15H,3-6,11H2,1-2H3,(H2,21,22,24). The molecule has 0 aromatic heterocycles. The number of thiocarbonyl (C=S) groups is 1. The molecule has 0 saturated heterocycles. The summed E-state index contributed by atoms with van der Waals surface area (Å²) in [5.41, 5.74) is 0.128. The Morgan fingerprint density at radius 1 is 1.17 bits per heavy atom. The van der Waals surface area contributed by atoms with E-state index in [9.17, 15) is 13.2 Å². The molecule has 0 amide bonds. The normalized spacial score (nSPS) is 21.6. The van der Waals surface area contributed by atoms with Crippen LogP contribution in [-0.2, 0) is 12.7 Å². The van der Waals surface area contributed by atoms with Crippen LogP contribution in [-0.4, -0.2) is 36.2 Å². The Kier molecular flexibility index (Phi) is 6.46. The molecule has 0 spiro atoms. The second-order valence-electron chi connectivity index (χ2n) is 6.44. The number of benzene rings is 1. The zero-order valence-corrected chi connectivity index (χ0v) is 14.8. The van der Waals surface area contributed by atoms with Crippen LogP contribution < -0.4 is 10.6 Å². The Morgan fingerprint density at radius 3 is 2.38 bits per heavy atom. The molecule has 0 heterocycles. The monoisotopic (exact) mass is 359 g/mol. The molecule has 2 atom stereocenters. The highest BCUT2D eigenvalue weighted by Gasteiger charge is 2.30. The first-order valence-electron chi connectivity index (χ1n) is 8.14. The second-order valence-corrected chi connectivity index (χ2v) is 6.85. The van der Waals surface area contributed by atoms with Gasteiger partial charge in [-0.1, -0.05) is 25.0 Å². The van der Waals surface area contributed by atoms with Gasteiger partial charge in [-0.15, -0.1) is 0 Å². The van der Waals surface area contributed by atoms with Crippen molar-refractivity contribution >= 4 is 17.3 Å². The van der Waals surface area contributed by atoms with E-state index in [1.54, 1.807) is 0 Å². The first kappa shape index (κ1) is 19.0. The smallest absolute Gasteiger partial charge is 0.359 e. The van der Waals surface area contributed by atoms with E-state index >= 15 is 0 Å². The predicted octanol–water partition coefficient (Wildman–Crippen LogP) is 3.54. The molecule has 1 aromatic rings. The van der Waals surface area contributed by atoms with Gasteiger partial charge < -0.3 is 15.5 Å². The Bertz CT molecular complexity index is 543. The first-order valence-corrected chi connectivity index (χ1v) is 8.55. The molecular formula is C17H24F3N3S. The van der Waals surface area contributed by atoms with Crippen LogP contribution in [0.15, 0.2) is 24.3 Å². The summed E-state index contributed by atoms with van der Waals surface area (Å²) in [6, 6.07) is 5.89. The number of likely N-dealkylation sites (N-methyl/N-ethyl adjacent to an activating group) is 1. The average molecular weight is 359 g/mol. The molecule has 2 unspecified atom stereocenters. The van der Waals surface area contributed by atoms with Crippen LogP contribution in [0.3, 0.4) is 0 Å². The van der Waals surface area contributed by atoms with Crippen molar-refractivity contribution in [2.24, 2.45) is 0 Å². The van der Waals surface area contributed by atoms with Gasteiger partial charge in [0.05, 0.1) is 5.56 Å². The number of nitrogens with zero attached hydrogens (tertiary/aromatic N) is 1. The zero-order valence-electron chi connectivity index (χ0n) is 14.0. The lowest BCUT2D eigenvalue weighted by Crippen LogP contribution is -2.53. The first-order chi connectivity index (χ1) is 11.3. The second kappa shape index (κ2) is 8.16. The molecule has 1 aliphatic rings. The maximum absolute atomic E-state index is 12.5. The maximum atomic E-state index is 12.5. The molecule has 0 bridgehead atoms. The summed E-state index contributed by atoms with van der Waals surface area (Å²) in [4.78, 5) is 2.22. The molecule has 1 saturated carbocycles. The largest absolute Gasteiger partial charge is 0.416 e. The highest BCUT2D eigenvalue weighted by molar-refractivity contribution is 7.80. The Hall–Kier alpha value is -1.34. The quantitative estimate of drug-likeness (QED) is 0.804. The average Bonchev–Trinajstić information content (AvgIpc) is 2.53. The van der Waals surface area contributed by atoms with Crippen molar-refractivity contribution in [2.75, 3.05) is 14.1 Å². The van der Waals surface area contributed by atoms with Crippen LogP contribution in [0.2, 0.25) is 0 Å². The van der Waals surface area contributed by atoms with Crippen molar-refractivity contribution in [1.29, 1.82) is 0 Å². The highest BCUT2D eigenvalue weighted by atomic mass is 32.1. The number of hydrogen-bond acceptors (Lipinski definition) is 2. The fourth-order valence-electron chi connectivity index (χ4n) is 3.11. The van der Waals surface area contributed by atoms with Crippen LogP contribution in [0.25, 0.3) is 0 Å². The van der Waals surface area contributed by atoms with Crippen LogP contribution in [0.1, 0.15) is 36.8 Å². The Morgan fingerprint density at radius 2 is 1.79 bits per heavy atom. The third-order valence-corrected chi connectivity index (χ3v) is 4.71. The summed E-state index contributed by atoms with van der Waals surface area (Å²) < 4.78 is 37.6. The molecule has 7 heteroatoms. The van der Waals surface area contributed by atoms with E-state index in [1.165, 1.54) is 25.0 Å². The Labute approximate surface area is 146 Å². The lowest BCUT2D eigenvalue weighted by atomic mass is 9.90. The van der Waals surface area contributed by atoms with Crippen LogP contribution in [0.4, 0.5) is 13.2 Å². The van der Waals surface area contributed by atoms with Crippen molar-refractivity contribution < 1.29 is 13.2 Å². The minimum absolute atomic E-state index is 0.307. The number of alkyl halides is 3. The molecule has 0 radical (unpaired) electrons. The zero-order chi connectivity index (χ0) is 17.7. The van der Waals surface area contributed by atoms with Gasteiger partial charge in [0.1, 0.15) is 0 Å². The lowest BCUT2D eigenvalue weighted by Gasteiger charge is -2.37. The number of halogens is 3. The number of hydrogen-bond donors (Lipinski definition) is 2. The van der Waals surface area contributed by atoms with E-state index in [-0.39, 0.29) is 0 Å². The van der Waals surface area contributed by atoms with Crippen LogP contribution >= 0.6 is 12.2 Å². The van der Waals surface area contributed by atoms with Gasteiger partial charge in [-0.05, 0) is 56.9 Å². The summed E-state index contributed by atoms with van der Waals surface area (Å²) in [6.07, 6.45) is 0.332. The van der Waals surface area contributed by atoms with Crippen molar-refractivity contribution in [1.82, 2.24) is 15.5 Å². The molecule has 3 nitrogen and oxygen atoms in total. The van der Waals surface area contributed by atoms with E-state index in [2.05, 4.69) is 29.6 Å². The van der Waals surface area contributed by atoms with E-state index < -0.39 is 11.7 Å². The van der Waals surface area contributed by atoms with Gasteiger partial charge in [0.15, 0.2) is 5.11 Å². The van der Waals surface area contributed by atoms with Crippen molar-refractivity contribution in [2.45, 2.75) is 50.5 Å². The summed E-state index contributed by atoms with van der Waals surface area (Å²) in [7, 11) is 4.15. The van der Waals surface area contributed by atoms with E-state index in [0.717, 1.165) is 30.5 Å². The summed E-state index contributed by atoms with van der Waals surface area (Å²) in [5.74, 6) is 0. The minimum atomic E-state index is -4.30. The van der Waals surface area contributed by atoms with Gasteiger partial charge in [-0.2, -0.15) is 13.2 Å². The van der Waals surface area contributed by atoms with Crippen LogP contribution in [0, 0.1) is 0 Å². The van der Waals surface area contributed by atoms with Gasteiger partial charge >= 0.3 is 6.18 Å². The van der Waals surface area contributed by atoms with E-state index in [1.807, 2.05) is 0 Å². The minimum Gasteiger partial charge on any atom is -0.359 e. The van der Waals surface area contributed by atoms with E-state index in [4.69, 9.17) is 12.2 Å². The molecule has 1 fully saturated rings. The molecular weight excluding hydrogens is 335 g/mol. The maximum Gasteiger partial charge on any atom is 0.416 e. The van der Waals surface area contributed by atoms with Gasteiger partial charge in [0, 0.05) is 18.6 Å². The van der Waals surface area contributed by atoms with E-state index in [0.29, 0.717) is 23.7 Å². The van der Waals surface area contributed by atoms with Gasteiger partial charge in [0.25, 0.3) is 0 Å². The number of rotatable bonds is 4. The lowest BCUT2D eigenvalue weighted by molar-refractivity contribution is -0.137. The summed E-state index contributed by atoms with van der Waals surface area (Å²) >= 11 is 5.34. The SMILES string of the molecule is CN(C)C1CCCCC1NC(=S)NCc1ccc(C(F)(F)F)cc1. The highest BCUT2D eigenvalue weighted by Crippen LogP contribution is 2.29. The molecule has 24 heavy (non-hydrogen) atoms.